The number of halogens is 1. The standard InChI is InChI=1S/C16H24N6O2.ClH/c1-19-9-5-4-7-12(19)17-8-6-10-22-11-18-14-13(22)15(23)21(3)16(24)20(14)2;/h11H,4-10H2,1-3H3;1H/p-1. The Kier molecular flexibility index (Phi) is 6.05. The molecule has 0 unspecified atom stereocenters. The van der Waals surface area contributed by atoms with Gasteiger partial charge in [-0.25, -0.2) is 9.78 Å². The number of nitrogens with zero attached hydrogens (tertiary/aromatic N) is 6. The van der Waals surface area contributed by atoms with Crippen molar-refractivity contribution in [1.29, 1.82) is 0 Å². The van der Waals surface area contributed by atoms with Gasteiger partial charge in [-0.05, 0) is 19.3 Å². The van der Waals surface area contributed by atoms with Crippen molar-refractivity contribution < 1.29 is 12.4 Å². The molecule has 1 aliphatic rings. The molecule has 0 saturated carbocycles. The van der Waals surface area contributed by atoms with Crippen LogP contribution in [-0.4, -0.2) is 49.6 Å². The zero-order valence-electron chi connectivity index (χ0n) is 14.9. The number of amidine groups is 1. The average molecular weight is 368 g/mol. The number of rotatable bonds is 4. The number of piperidine rings is 1. The lowest BCUT2D eigenvalue weighted by Gasteiger charge is -2.26. The summed E-state index contributed by atoms with van der Waals surface area (Å²) in [6.07, 6.45) is 5.95. The molecule has 0 aliphatic carbocycles. The second-order valence-electron chi connectivity index (χ2n) is 6.35. The van der Waals surface area contributed by atoms with Gasteiger partial charge < -0.3 is 21.9 Å². The summed E-state index contributed by atoms with van der Waals surface area (Å²) >= 11 is 0. The Labute approximate surface area is 152 Å². The molecule has 1 fully saturated rings. The lowest BCUT2D eigenvalue weighted by atomic mass is 10.1. The van der Waals surface area contributed by atoms with E-state index >= 15 is 0 Å². The molecule has 138 valence electrons. The smallest absolute Gasteiger partial charge is 0.332 e. The maximum atomic E-state index is 12.4. The number of imidazole rings is 1. The second kappa shape index (κ2) is 7.86. The van der Waals surface area contributed by atoms with E-state index in [0.29, 0.717) is 17.7 Å². The van der Waals surface area contributed by atoms with Gasteiger partial charge in [0.15, 0.2) is 11.2 Å². The summed E-state index contributed by atoms with van der Waals surface area (Å²) in [5.74, 6) is 1.18. The van der Waals surface area contributed by atoms with E-state index < -0.39 is 0 Å². The average Bonchev–Trinajstić information content (AvgIpc) is 3.00. The third-order valence-corrected chi connectivity index (χ3v) is 4.65. The molecule has 0 radical (unpaired) electrons. The van der Waals surface area contributed by atoms with Gasteiger partial charge in [0.25, 0.3) is 5.56 Å². The Morgan fingerprint density at radius 2 is 1.92 bits per heavy atom. The van der Waals surface area contributed by atoms with Crippen LogP contribution in [-0.2, 0) is 20.6 Å². The van der Waals surface area contributed by atoms with Crippen LogP contribution in [0.25, 0.3) is 11.2 Å². The summed E-state index contributed by atoms with van der Waals surface area (Å²) in [4.78, 5) is 35.4. The Hall–Kier alpha value is -2.09. The van der Waals surface area contributed by atoms with Gasteiger partial charge in [0.2, 0.25) is 0 Å². The molecule has 2 aromatic rings. The first-order valence-corrected chi connectivity index (χ1v) is 8.36. The fourth-order valence-electron chi connectivity index (χ4n) is 3.17. The molecule has 0 bridgehead atoms. The van der Waals surface area contributed by atoms with Crippen molar-refractivity contribution in [3.63, 3.8) is 0 Å². The van der Waals surface area contributed by atoms with E-state index in [4.69, 9.17) is 0 Å². The van der Waals surface area contributed by atoms with Crippen molar-refractivity contribution in [3.8, 4) is 0 Å². The highest BCUT2D eigenvalue weighted by molar-refractivity contribution is 5.82. The quantitative estimate of drug-likeness (QED) is 0.553. The molecule has 0 aromatic carbocycles. The summed E-state index contributed by atoms with van der Waals surface area (Å²) in [6, 6.07) is 0. The van der Waals surface area contributed by atoms with Gasteiger partial charge in [0.05, 0.1) is 12.2 Å². The number of hydrogen-bond donors (Lipinski definition) is 0. The van der Waals surface area contributed by atoms with E-state index in [9.17, 15) is 9.59 Å². The highest BCUT2D eigenvalue weighted by Crippen LogP contribution is 2.10. The molecule has 0 N–H and O–H groups in total. The maximum absolute atomic E-state index is 12.4. The van der Waals surface area contributed by atoms with Gasteiger partial charge >= 0.3 is 5.69 Å². The largest absolute Gasteiger partial charge is 1.00 e. The predicted octanol–water partition coefficient (Wildman–Crippen LogP) is -2.66. The second-order valence-corrected chi connectivity index (χ2v) is 6.35. The maximum Gasteiger partial charge on any atom is 0.332 e. The van der Waals surface area contributed by atoms with E-state index in [1.807, 2.05) is 4.57 Å². The van der Waals surface area contributed by atoms with Crippen LogP contribution >= 0.6 is 0 Å². The van der Waals surface area contributed by atoms with Crippen LogP contribution in [0.4, 0.5) is 0 Å². The fraction of sp³-hybridized carbons (Fsp3) is 0.625. The topological polar surface area (TPSA) is 77.4 Å². The van der Waals surface area contributed by atoms with Crippen molar-refractivity contribution in [2.24, 2.45) is 19.1 Å². The predicted molar refractivity (Wildman–Crippen MR) is 93.6 cm³/mol. The molecular weight excluding hydrogens is 344 g/mol. The summed E-state index contributed by atoms with van der Waals surface area (Å²) in [6.45, 7) is 2.46. The van der Waals surface area contributed by atoms with Crippen molar-refractivity contribution in [2.45, 2.75) is 32.2 Å². The van der Waals surface area contributed by atoms with Crippen molar-refractivity contribution in [3.05, 3.63) is 27.2 Å². The van der Waals surface area contributed by atoms with Crippen LogP contribution in [0.3, 0.4) is 0 Å². The van der Waals surface area contributed by atoms with Crippen molar-refractivity contribution in [2.75, 3.05) is 20.1 Å². The molecule has 0 amide bonds. The molecular formula is C16H24ClN6O2-. The van der Waals surface area contributed by atoms with Crippen LogP contribution in [0.15, 0.2) is 20.9 Å². The highest BCUT2D eigenvalue weighted by Gasteiger charge is 2.14. The van der Waals surface area contributed by atoms with Crippen LogP contribution in [0.2, 0.25) is 0 Å². The summed E-state index contributed by atoms with van der Waals surface area (Å²) in [5, 5.41) is 0. The van der Waals surface area contributed by atoms with Gasteiger partial charge in [0.1, 0.15) is 0 Å². The molecule has 0 atom stereocenters. The van der Waals surface area contributed by atoms with Gasteiger partial charge in [-0.3, -0.25) is 18.9 Å². The first-order chi connectivity index (χ1) is 11.5. The molecule has 1 saturated heterocycles. The minimum atomic E-state index is -0.357. The number of aryl methyl sites for hydroxylation is 2. The van der Waals surface area contributed by atoms with Gasteiger partial charge in [0, 0.05) is 47.2 Å². The molecule has 25 heavy (non-hydrogen) atoms. The monoisotopic (exact) mass is 367 g/mol. The number of aromatic nitrogens is 4. The third-order valence-electron chi connectivity index (χ3n) is 4.65. The van der Waals surface area contributed by atoms with E-state index in [0.717, 1.165) is 30.5 Å². The Morgan fingerprint density at radius 1 is 1.16 bits per heavy atom. The minimum Gasteiger partial charge on any atom is -1.00 e. The first-order valence-electron chi connectivity index (χ1n) is 8.36. The number of fused-ring (bicyclic) bond motifs is 1. The normalized spacial score (nSPS) is 16.4. The Bertz CT molecular complexity index is 894. The molecule has 3 rings (SSSR count). The number of hydrogen-bond acceptors (Lipinski definition) is 4. The highest BCUT2D eigenvalue weighted by atomic mass is 35.5. The lowest BCUT2D eigenvalue weighted by Crippen LogP contribution is -3.00. The first kappa shape index (κ1) is 19.2. The molecule has 0 spiro atoms. The number of likely N-dealkylation sites (tertiary alicyclic amines) is 1. The molecule has 8 nitrogen and oxygen atoms in total. The molecule has 2 aromatic heterocycles. The van der Waals surface area contributed by atoms with E-state index in [1.54, 1.807) is 13.4 Å². The Morgan fingerprint density at radius 3 is 2.64 bits per heavy atom. The third kappa shape index (κ3) is 3.63. The molecule has 3 heterocycles. The van der Waals surface area contributed by atoms with Crippen molar-refractivity contribution in [1.82, 2.24) is 23.6 Å². The zero-order valence-corrected chi connectivity index (χ0v) is 15.7. The van der Waals surface area contributed by atoms with E-state index in [1.165, 1.54) is 30.3 Å². The van der Waals surface area contributed by atoms with Crippen LogP contribution in [0.5, 0.6) is 0 Å². The Balaban J connectivity index is 0.00000225. The summed E-state index contributed by atoms with van der Waals surface area (Å²) < 4.78 is 4.35. The van der Waals surface area contributed by atoms with Gasteiger partial charge in [-0.1, -0.05) is 0 Å². The van der Waals surface area contributed by atoms with Crippen LogP contribution < -0.4 is 23.7 Å². The van der Waals surface area contributed by atoms with Crippen LogP contribution in [0.1, 0.15) is 25.7 Å². The summed E-state index contributed by atoms with van der Waals surface area (Å²) in [7, 11) is 5.21. The lowest BCUT2D eigenvalue weighted by molar-refractivity contribution is -0.00000537. The van der Waals surface area contributed by atoms with E-state index in [2.05, 4.69) is 21.9 Å². The number of aliphatic imine (C=N–C) groups is 1. The van der Waals surface area contributed by atoms with Crippen LogP contribution in [0, 0.1) is 0 Å². The molecule has 1 aliphatic heterocycles. The van der Waals surface area contributed by atoms with Gasteiger partial charge in [-0.15, -0.1) is 0 Å². The zero-order chi connectivity index (χ0) is 17.3. The van der Waals surface area contributed by atoms with Gasteiger partial charge in [-0.2, -0.15) is 0 Å². The van der Waals surface area contributed by atoms with Crippen molar-refractivity contribution >= 4 is 17.0 Å². The molecule has 9 heteroatoms. The minimum absolute atomic E-state index is 0. The summed E-state index contributed by atoms with van der Waals surface area (Å²) in [5.41, 5.74) is 0.247. The fourth-order valence-corrected chi connectivity index (χ4v) is 3.17. The SMILES string of the molecule is CN1CCCCC1=NCCCn1cnc2c1c(=O)n(C)c(=O)n2C.[Cl-]. The van der Waals surface area contributed by atoms with E-state index in [-0.39, 0.29) is 23.7 Å².